The van der Waals surface area contributed by atoms with Crippen LogP contribution in [0.5, 0.6) is 23.0 Å². The van der Waals surface area contributed by atoms with Crippen LogP contribution in [0.15, 0.2) is 125 Å². The molecular weight excluding hydrogens is 1540 g/mol. The molecule has 6 aromatic carbocycles. The van der Waals surface area contributed by atoms with E-state index in [1.807, 2.05) is 0 Å². The van der Waals surface area contributed by atoms with Gasteiger partial charge in [0.05, 0.1) is 13.1 Å². The van der Waals surface area contributed by atoms with E-state index in [9.17, 15) is 46.4 Å². The average molecular weight is 1640 g/mol. The Balaban J connectivity index is 0.00000234. The fraction of sp³-hybridized carbons (Fsp3) is 0.429. The Morgan fingerprint density at radius 1 is 0.481 bits per heavy atom. The van der Waals surface area contributed by atoms with Crippen molar-refractivity contribution >= 4 is 99.7 Å². The van der Waals surface area contributed by atoms with E-state index in [0.29, 0.717) is 77.1 Å². The first-order valence-corrected chi connectivity index (χ1v) is 37.9. The molecular formula is C70H100Cu2N20O14S2+2. The van der Waals surface area contributed by atoms with Gasteiger partial charge in [0.2, 0.25) is 17.2 Å². The van der Waals surface area contributed by atoms with E-state index in [2.05, 4.69) is 141 Å². The van der Waals surface area contributed by atoms with Crippen molar-refractivity contribution in [1.29, 1.82) is 0 Å². The third-order valence-electron chi connectivity index (χ3n) is 16.6. The van der Waals surface area contributed by atoms with Gasteiger partial charge in [-0.05, 0) is 191 Å². The number of aromatic hydroxyl groups is 4. The van der Waals surface area contributed by atoms with Crippen LogP contribution in [0.1, 0.15) is 94.9 Å². The number of azo groups is 2. The zero-order valence-corrected chi connectivity index (χ0v) is 65.6. The van der Waals surface area contributed by atoms with E-state index < -0.39 is 76.3 Å². The Labute approximate surface area is 647 Å². The van der Waals surface area contributed by atoms with Crippen LogP contribution < -0.4 is 43.1 Å². The minimum atomic E-state index is -5.05. The topological polar surface area (TPSA) is 492 Å². The first-order chi connectivity index (χ1) is 50.5. The maximum Gasteiger partial charge on any atom is 0.399 e. The summed E-state index contributed by atoms with van der Waals surface area (Å²) in [4.78, 5) is 64.2. The third kappa shape index (κ3) is 28.4. The molecule has 0 spiro atoms. The Hall–Kier alpha value is -9.30. The van der Waals surface area contributed by atoms with Crippen LogP contribution in [0.2, 0.25) is 0 Å². The standard InChI is InChI=1S/C66H90N20O10S2.2C2H4O2.2Cu/c1-9-83(10-2)33-17-29-67-61-73-62(68-30-18-34-84(11-3)12-4)76-65(75-61)71-47-23-25-49-45(37-47)41-55(97(91,92)93)57(59(49)89)81-79-51-27-21-43(39-53(51)87)44-22-28-52(54(88)40-44)80-82-58-56(98(94,95)96)42-46-38-48(24-26-50(46)60(58)90)72-66-77-63(69-31-19-35-85(13-5)14-6)74-64(78-66)70-32-20-36-86(15-7)16-8;2*1-2(3)4;;/h21-28,37-42,87-90H,9-20,29-36H2,1-8H3,(H,91,92,93)(H,94,95,96)(H3,67,68,71,73,75,76)(H3,69,70,72,74,77,78);2*1H3,(H,3,4);;/p+2. The van der Waals surface area contributed by atoms with Gasteiger partial charge < -0.3 is 55.6 Å². The normalized spacial score (nSPS) is 12.5. The predicted octanol–water partition coefficient (Wildman–Crippen LogP) is 6.26. The first-order valence-electron chi connectivity index (χ1n) is 35.0. The Bertz CT molecular complexity index is 4500. The van der Waals surface area contributed by atoms with Crippen molar-refractivity contribution in [3.8, 4) is 34.1 Å². The molecule has 0 bridgehead atoms. The number of H-pyrrole nitrogens is 4. The van der Waals surface area contributed by atoms with Crippen molar-refractivity contribution in [2.24, 2.45) is 30.4 Å². The Morgan fingerprint density at radius 2 is 0.870 bits per heavy atom. The fourth-order valence-corrected chi connectivity index (χ4v) is 12.3. The summed E-state index contributed by atoms with van der Waals surface area (Å²) in [6, 6.07) is 20.0. The number of anilines is 4. The van der Waals surface area contributed by atoms with Gasteiger partial charge in [0.15, 0.2) is 11.5 Å². The van der Waals surface area contributed by atoms with Crippen molar-refractivity contribution in [1.82, 2.24) is 49.5 Å². The SMILES string of the molecule is CC(=O)O.CC(=O)O.CCN(CC)CCCN=c1nc(Nc2ccc3c(O)c(N=Nc4ccc(-c5ccc(N=Nc6c(S(=O)(=O)O)cc7cc(Nc8nc(=[NH+]CCCN(CC)CC)[nH]c(=[NH+]CCCN(CC)CC)[nH]8)ccc7c6O)c(O)c5)cc4O)c(S(=O)(=O)O)cc3c2)[nH]c(=NCCCN(CC)CC)[nH]1.[Cu].[Cu]. The Morgan fingerprint density at radius 3 is 1.27 bits per heavy atom. The number of carbonyl (C=O) groups is 2. The third-order valence-corrected chi connectivity index (χ3v) is 18.4. The van der Waals surface area contributed by atoms with Gasteiger partial charge in [-0.3, -0.25) is 53.9 Å². The molecule has 16 N–H and O–H groups in total. The summed E-state index contributed by atoms with van der Waals surface area (Å²) in [7, 11) is -10.1. The molecule has 2 heterocycles. The second-order valence-corrected chi connectivity index (χ2v) is 26.8. The number of hydrogen-bond donors (Lipinski definition) is 16. The molecule has 34 nitrogen and oxygen atoms in total. The molecule has 0 aliphatic carbocycles. The molecule has 0 aliphatic heterocycles. The van der Waals surface area contributed by atoms with E-state index in [1.54, 1.807) is 24.3 Å². The molecule has 0 unspecified atom stereocenters. The summed E-state index contributed by atoms with van der Waals surface area (Å²) >= 11 is 0. The summed E-state index contributed by atoms with van der Waals surface area (Å²) in [5.74, 6) is -3.20. The van der Waals surface area contributed by atoms with Crippen molar-refractivity contribution in [3.05, 3.63) is 107 Å². The van der Waals surface area contributed by atoms with Crippen LogP contribution in [-0.2, 0) is 64.0 Å². The average Bonchev–Trinajstić information content (AvgIpc) is 0.770. The molecule has 2 aromatic heterocycles. The molecule has 596 valence electrons. The van der Waals surface area contributed by atoms with Crippen molar-refractivity contribution in [3.63, 3.8) is 0 Å². The van der Waals surface area contributed by atoms with Crippen LogP contribution in [-0.4, -0.2) is 223 Å². The van der Waals surface area contributed by atoms with Gasteiger partial charge in [-0.2, -0.15) is 31.8 Å². The van der Waals surface area contributed by atoms with Gasteiger partial charge in [-0.25, -0.2) is 0 Å². The van der Waals surface area contributed by atoms with Gasteiger partial charge >= 0.3 is 17.2 Å². The molecule has 2 radical (unpaired) electrons. The number of aliphatic carboxylic acids is 2. The summed E-state index contributed by atoms with van der Waals surface area (Å²) < 4.78 is 72.6. The van der Waals surface area contributed by atoms with Crippen molar-refractivity contribution in [2.75, 3.05) is 115 Å². The molecule has 108 heavy (non-hydrogen) atoms. The minimum Gasteiger partial charge on any atom is -0.506 e. The number of carboxylic acids is 2. The first kappa shape index (κ1) is 91.1. The molecule has 0 fully saturated rings. The van der Waals surface area contributed by atoms with E-state index in [0.717, 1.165) is 130 Å². The zero-order chi connectivity index (χ0) is 77.7. The number of phenols is 4. The van der Waals surface area contributed by atoms with Gasteiger partial charge in [0.1, 0.15) is 44.0 Å². The second-order valence-electron chi connectivity index (χ2n) is 24.0. The quantitative estimate of drug-likeness (QED) is 0.00901. The fourth-order valence-electron chi connectivity index (χ4n) is 10.9. The maximum absolute atomic E-state index is 12.9. The summed E-state index contributed by atoms with van der Waals surface area (Å²) in [5, 5.41) is 83.6. The molecule has 8 aromatic rings. The monoisotopic (exact) mass is 1630 g/mol. The second kappa shape index (κ2) is 44.9. The van der Waals surface area contributed by atoms with Crippen LogP contribution >= 0.6 is 0 Å². The smallest absolute Gasteiger partial charge is 0.399 e. The molecule has 0 amide bonds. The number of nitrogens with zero attached hydrogens (tertiary/aromatic N) is 12. The Kier molecular flexibility index (Phi) is 37.8. The number of aromatic nitrogens is 6. The van der Waals surface area contributed by atoms with E-state index in [4.69, 9.17) is 34.8 Å². The molecule has 0 saturated carbocycles. The predicted molar refractivity (Wildman–Crippen MR) is 402 cm³/mol. The summed E-state index contributed by atoms with van der Waals surface area (Å²) in [6.45, 7) is 32.7. The molecule has 0 aliphatic rings. The number of phenolic OH excluding ortho intramolecular Hbond substituents is 4. The van der Waals surface area contributed by atoms with Crippen LogP contribution in [0, 0.1) is 0 Å². The molecule has 8 rings (SSSR count). The van der Waals surface area contributed by atoms with Crippen molar-refractivity contribution in [2.45, 2.75) is 105 Å². The van der Waals surface area contributed by atoms with Crippen LogP contribution in [0.3, 0.4) is 0 Å². The van der Waals surface area contributed by atoms with Gasteiger partial charge in [0, 0.05) is 96.3 Å². The van der Waals surface area contributed by atoms with Gasteiger partial charge in [0.25, 0.3) is 32.2 Å². The number of benzene rings is 6. The number of fused-ring (bicyclic) bond motifs is 2. The van der Waals surface area contributed by atoms with Crippen molar-refractivity contribution < 1.29 is 110 Å². The summed E-state index contributed by atoms with van der Waals surface area (Å²) in [6.07, 6.45) is 3.42. The molecule has 0 atom stereocenters. The summed E-state index contributed by atoms with van der Waals surface area (Å²) in [5.41, 5.74) is 1.91. The zero-order valence-electron chi connectivity index (χ0n) is 62.0. The van der Waals surface area contributed by atoms with E-state index >= 15 is 0 Å². The largest absolute Gasteiger partial charge is 0.506 e. The number of aromatic amines is 4. The number of nitrogens with one attached hydrogen (secondary N) is 8. The van der Waals surface area contributed by atoms with E-state index in [-0.39, 0.29) is 73.0 Å². The maximum atomic E-state index is 12.9. The van der Waals surface area contributed by atoms with Crippen LogP contribution in [0.4, 0.5) is 46.0 Å². The van der Waals surface area contributed by atoms with Crippen LogP contribution in [0.25, 0.3) is 32.7 Å². The molecule has 0 saturated heterocycles. The number of hydrogen-bond acceptors (Lipinski definition) is 24. The van der Waals surface area contributed by atoms with Gasteiger partial charge in [-0.15, -0.1) is 20.5 Å². The number of rotatable bonds is 35. The number of carboxylic acid groups (broad SMARTS) is 2. The molecule has 38 heteroatoms. The van der Waals surface area contributed by atoms with E-state index in [1.165, 1.54) is 48.5 Å². The van der Waals surface area contributed by atoms with Gasteiger partial charge in [-0.1, -0.05) is 67.5 Å². The minimum absolute atomic E-state index is 0.